The molecule has 0 spiro atoms. The van der Waals surface area contributed by atoms with Crippen LogP contribution in [-0.2, 0) is 6.54 Å². The van der Waals surface area contributed by atoms with E-state index in [1.807, 2.05) is 43.3 Å². The van der Waals surface area contributed by atoms with Crippen LogP contribution in [0.25, 0.3) is 17.1 Å². The first-order valence-corrected chi connectivity index (χ1v) is 7.63. The zero-order chi connectivity index (χ0) is 16.5. The molecule has 0 radical (unpaired) electrons. The molecule has 0 atom stereocenters. The predicted octanol–water partition coefficient (Wildman–Crippen LogP) is 3.01. The molecule has 3 aromatic heterocycles. The van der Waals surface area contributed by atoms with E-state index < -0.39 is 0 Å². The second-order valence-electron chi connectivity index (χ2n) is 5.60. The van der Waals surface area contributed by atoms with Crippen molar-refractivity contribution in [1.82, 2.24) is 24.8 Å². The standard InChI is InChI=1S/C17H16N6O/c1-11-3-5-13(6-4-11)17-19-14(10-24-17)9-18-15-7-8-16-21-20-12(2)23(16)22-15/h3-8,10H,9H2,1-2H3,(H,18,22). The van der Waals surface area contributed by atoms with E-state index in [1.165, 1.54) is 5.56 Å². The summed E-state index contributed by atoms with van der Waals surface area (Å²) >= 11 is 0. The van der Waals surface area contributed by atoms with E-state index in [2.05, 4.69) is 32.5 Å². The number of fused-ring (bicyclic) bond motifs is 1. The van der Waals surface area contributed by atoms with Crippen molar-refractivity contribution in [2.45, 2.75) is 20.4 Å². The number of benzene rings is 1. The molecular formula is C17H16N6O. The highest BCUT2D eigenvalue weighted by Gasteiger charge is 2.08. The lowest BCUT2D eigenvalue weighted by Gasteiger charge is -2.03. The van der Waals surface area contributed by atoms with E-state index >= 15 is 0 Å². The maximum atomic E-state index is 5.56. The highest BCUT2D eigenvalue weighted by Crippen LogP contribution is 2.19. The number of hydrogen-bond acceptors (Lipinski definition) is 6. The van der Waals surface area contributed by atoms with Crippen LogP contribution >= 0.6 is 0 Å². The van der Waals surface area contributed by atoms with Crippen molar-refractivity contribution in [2.75, 3.05) is 5.32 Å². The topological polar surface area (TPSA) is 81.1 Å². The Balaban J connectivity index is 1.49. The third kappa shape index (κ3) is 2.71. The summed E-state index contributed by atoms with van der Waals surface area (Å²) in [4.78, 5) is 4.51. The first-order valence-electron chi connectivity index (χ1n) is 7.63. The molecular weight excluding hydrogens is 304 g/mol. The zero-order valence-corrected chi connectivity index (χ0v) is 13.4. The third-order valence-corrected chi connectivity index (χ3v) is 3.72. The van der Waals surface area contributed by atoms with Gasteiger partial charge < -0.3 is 9.73 Å². The molecule has 0 unspecified atom stereocenters. The summed E-state index contributed by atoms with van der Waals surface area (Å²) in [7, 11) is 0. The van der Waals surface area contributed by atoms with E-state index in [4.69, 9.17) is 4.42 Å². The summed E-state index contributed by atoms with van der Waals surface area (Å²) in [5.41, 5.74) is 3.71. The summed E-state index contributed by atoms with van der Waals surface area (Å²) < 4.78 is 7.26. The molecule has 0 fully saturated rings. The van der Waals surface area contributed by atoms with Gasteiger partial charge in [-0.3, -0.25) is 0 Å². The Hall–Kier alpha value is -3.22. The van der Waals surface area contributed by atoms with Crippen molar-refractivity contribution in [1.29, 1.82) is 0 Å². The second kappa shape index (κ2) is 5.77. The lowest BCUT2D eigenvalue weighted by atomic mass is 10.1. The molecule has 0 aliphatic rings. The van der Waals surface area contributed by atoms with Crippen molar-refractivity contribution >= 4 is 11.5 Å². The van der Waals surface area contributed by atoms with Crippen LogP contribution in [0.15, 0.2) is 47.1 Å². The normalized spacial score (nSPS) is 11.1. The summed E-state index contributed by atoms with van der Waals surface area (Å²) in [5.74, 6) is 2.09. The zero-order valence-electron chi connectivity index (χ0n) is 13.4. The maximum absolute atomic E-state index is 5.56. The van der Waals surface area contributed by atoms with Gasteiger partial charge in [0.05, 0.1) is 12.2 Å². The van der Waals surface area contributed by atoms with Crippen LogP contribution in [0.1, 0.15) is 17.1 Å². The van der Waals surface area contributed by atoms with Gasteiger partial charge in [-0.25, -0.2) is 4.98 Å². The number of nitrogens with zero attached hydrogens (tertiary/aromatic N) is 5. The number of nitrogens with one attached hydrogen (secondary N) is 1. The van der Waals surface area contributed by atoms with Crippen molar-refractivity contribution in [3.63, 3.8) is 0 Å². The molecule has 3 heterocycles. The molecule has 7 heteroatoms. The molecule has 0 aliphatic carbocycles. The quantitative estimate of drug-likeness (QED) is 0.622. The van der Waals surface area contributed by atoms with Crippen LogP contribution in [0.5, 0.6) is 0 Å². The molecule has 1 N–H and O–H groups in total. The van der Waals surface area contributed by atoms with Crippen molar-refractivity contribution in [2.24, 2.45) is 0 Å². The van der Waals surface area contributed by atoms with Gasteiger partial charge in [0.25, 0.3) is 0 Å². The number of aromatic nitrogens is 5. The van der Waals surface area contributed by atoms with Crippen LogP contribution < -0.4 is 5.32 Å². The molecule has 0 bridgehead atoms. The first-order chi connectivity index (χ1) is 11.7. The molecule has 1 aromatic carbocycles. The average molecular weight is 320 g/mol. The van der Waals surface area contributed by atoms with E-state index in [-0.39, 0.29) is 0 Å². The fourth-order valence-electron chi connectivity index (χ4n) is 2.39. The number of aryl methyl sites for hydroxylation is 2. The third-order valence-electron chi connectivity index (χ3n) is 3.72. The molecule has 0 saturated heterocycles. The second-order valence-corrected chi connectivity index (χ2v) is 5.60. The van der Waals surface area contributed by atoms with Crippen LogP contribution in [0.2, 0.25) is 0 Å². The molecule has 7 nitrogen and oxygen atoms in total. The Morgan fingerprint density at radius 1 is 1.04 bits per heavy atom. The van der Waals surface area contributed by atoms with Crippen LogP contribution in [0.4, 0.5) is 5.82 Å². The molecule has 0 amide bonds. The summed E-state index contributed by atoms with van der Waals surface area (Å²) in [6, 6.07) is 11.8. The minimum absolute atomic E-state index is 0.523. The van der Waals surface area contributed by atoms with Gasteiger partial charge in [0.15, 0.2) is 11.5 Å². The van der Waals surface area contributed by atoms with Gasteiger partial charge >= 0.3 is 0 Å². The lowest BCUT2D eigenvalue weighted by Crippen LogP contribution is -2.05. The first kappa shape index (κ1) is 14.4. The van der Waals surface area contributed by atoms with Crippen molar-refractivity contribution < 1.29 is 4.42 Å². The summed E-state index contributed by atoms with van der Waals surface area (Å²) in [6.07, 6.45) is 1.66. The van der Waals surface area contributed by atoms with Gasteiger partial charge in [0.2, 0.25) is 5.89 Å². The van der Waals surface area contributed by atoms with Gasteiger partial charge in [-0.2, -0.15) is 4.52 Å². The number of anilines is 1. The SMILES string of the molecule is Cc1ccc(-c2nc(CNc3ccc4nnc(C)n4n3)co2)cc1. The summed E-state index contributed by atoms with van der Waals surface area (Å²) in [5, 5.41) is 15.7. The number of oxazole rings is 1. The van der Waals surface area contributed by atoms with Gasteiger partial charge in [0, 0.05) is 5.56 Å². The monoisotopic (exact) mass is 320 g/mol. The van der Waals surface area contributed by atoms with Crippen LogP contribution in [0.3, 0.4) is 0 Å². The predicted molar refractivity (Wildman–Crippen MR) is 89.5 cm³/mol. The Labute approximate surface area is 138 Å². The maximum Gasteiger partial charge on any atom is 0.226 e. The number of rotatable bonds is 4. The minimum Gasteiger partial charge on any atom is -0.444 e. The van der Waals surface area contributed by atoms with E-state index in [0.717, 1.165) is 28.5 Å². The molecule has 120 valence electrons. The smallest absolute Gasteiger partial charge is 0.226 e. The number of hydrogen-bond donors (Lipinski definition) is 1. The molecule has 4 aromatic rings. The molecule has 24 heavy (non-hydrogen) atoms. The Kier molecular flexibility index (Phi) is 3.45. The molecule has 4 rings (SSSR count). The minimum atomic E-state index is 0.523. The van der Waals surface area contributed by atoms with Crippen molar-refractivity contribution in [3.05, 3.63) is 59.7 Å². The van der Waals surface area contributed by atoms with Crippen LogP contribution in [-0.4, -0.2) is 24.8 Å². The van der Waals surface area contributed by atoms with Gasteiger partial charge in [0.1, 0.15) is 12.1 Å². The van der Waals surface area contributed by atoms with Crippen molar-refractivity contribution in [3.8, 4) is 11.5 Å². The molecule has 0 aliphatic heterocycles. The Morgan fingerprint density at radius 2 is 1.88 bits per heavy atom. The Bertz CT molecular complexity index is 986. The largest absolute Gasteiger partial charge is 0.444 e. The van der Waals surface area contributed by atoms with Gasteiger partial charge in [-0.1, -0.05) is 17.7 Å². The highest BCUT2D eigenvalue weighted by molar-refractivity contribution is 5.53. The Morgan fingerprint density at radius 3 is 2.71 bits per heavy atom. The van der Waals surface area contributed by atoms with Gasteiger partial charge in [-0.15, -0.1) is 15.3 Å². The lowest BCUT2D eigenvalue weighted by molar-refractivity contribution is 0.573. The fourth-order valence-corrected chi connectivity index (χ4v) is 2.39. The van der Waals surface area contributed by atoms with E-state index in [1.54, 1.807) is 10.8 Å². The van der Waals surface area contributed by atoms with E-state index in [0.29, 0.717) is 12.4 Å². The molecule has 0 saturated carbocycles. The van der Waals surface area contributed by atoms with Gasteiger partial charge in [-0.05, 0) is 38.1 Å². The summed E-state index contributed by atoms with van der Waals surface area (Å²) in [6.45, 7) is 4.44. The average Bonchev–Trinajstić information content (AvgIpc) is 3.21. The highest BCUT2D eigenvalue weighted by atomic mass is 16.3. The van der Waals surface area contributed by atoms with E-state index in [9.17, 15) is 0 Å². The fraction of sp³-hybridized carbons (Fsp3) is 0.176. The van der Waals surface area contributed by atoms with Crippen LogP contribution in [0, 0.1) is 13.8 Å².